The van der Waals surface area contributed by atoms with Gasteiger partial charge in [0.2, 0.25) is 11.8 Å². The Morgan fingerprint density at radius 2 is 2.00 bits per heavy atom. The summed E-state index contributed by atoms with van der Waals surface area (Å²) in [7, 11) is -0.257. The summed E-state index contributed by atoms with van der Waals surface area (Å²) in [4.78, 5) is 41.7. The Morgan fingerprint density at radius 3 is 2.58 bits per heavy atom. The maximum absolute atomic E-state index is 13.3. The Bertz CT molecular complexity index is 1240. The maximum atomic E-state index is 13.3. The van der Waals surface area contributed by atoms with Crippen LogP contribution in [0.1, 0.15) is 36.2 Å². The number of nitriles is 1. The molecule has 2 fully saturated rings. The van der Waals surface area contributed by atoms with Gasteiger partial charge >= 0.3 is 0 Å². The number of ether oxygens (including phenoxy) is 1. The first-order valence-electron chi connectivity index (χ1n) is 12.1. The Balaban J connectivity index is 1.47. The van der Waals surface area contributed by atoms with Crippen LogP contribution >= 0.6 is 11.6 Å². The van der Waals surface area contributed by atoms with Crippen LogP contribution in [0.15, 0.2) is 18.2 Å². The third kappa shape index (κ3) is 5.85. The highest BCUT2D eigenvalue weighted by Gasteiger charge is 2.52. The summed E-state index contributed by atoms with van der Waals surface area (Å²) in [6.45, 7) is 6.32. The van der Waals surface area contributed by atoms with Crippen molar-refractivity contribution in [1.82, 2.24) is 20.9 Å². The zero-order valence-electron chi connectivity index (χ0n) is 21.0. The van der Waals surface area contributed by atoms with Gasteiger partial charge in [0.1, 0.15) is 23.5 Å². The second-order valence-corrected chi connectivity index (χ2v) is 17.1. The van der Waals surface area contributed by atoms with Gasteiger partial charge < -0.3 is 25.7 Å². The van der Waals surface area contributed by atoms with E-state index >= 15 is 0 Å². The standard InChI is InChI=1S/C25H32ClN5O4Si/c1-35-17-8-14-9-19(29-21(14)18(26)10-17)23(33)30-20(13-36(2,3)4)24(34)28-16(12-27)7-15-11-25(5-6-25)31-22(15)32/h8-10,15-16,20,29H,5-7,11,13H2,1-4H3,(H,28,34)(H,30,33)(H,31,32)/t15-,16+,20+/m1/s1. The number of hydrogen-bond donors (Lipinski definition) is 4. The highest BCUT2D eigenvalue weighted by molar-refractivity contribution is 6.76. The number of benzene rings is 1. The molecule has 11 heteroatoms. The number of methoxy groups -OCH3 is 1. The van der Waals surface area contributed by atoms with Gasteiger partial charge in [0.15, 0.2) is 0 Å². The molecule has 1 aliphatic carbocycles. The molecule has 2 aromatic rings. The number of amides is 3. The van der Waals surface area contributed by atoms with Crippen molar-refractivity contribution in [2.45, 2.75) is 69.0 Å². The van der Waals surface area contributed by atoms with E-state index in [1.165, 1.54) is 7.11 Å². The summed E-state index contributed by atoms with van der Waals surface area (Å²) in [5.74, 6) is -0.647. The number of halogens is 1. The lowest BCUT2D eigenvalue weighted by atomic mass is 9.96. The van der Waals surface area contributed by atoms with E-state index in [1.54, 1.807) is 18.2 Å². The molecule has 1 aromatic carbocycles. The van der Waals surface area contributed by atoms with E-state index in [-0.39, 0.29) is 29.5 Å². The molecule has 36 heavy (non-hydrogen) atoms. The van der Waals surface area contributed by atoms with Crippen molar-refractivity contribution in [2.75, 3.05) is 7.11 Å². The van der Waals surface area contributed by atoms with Crippen LogP contribution < -0.4 is 20.7 Å². The molecule has 4 N–H and O–H groups in total. The van der Waals surface area contributed by atoms with Crippen LogP contribution in [0.5, 0.6) is 5.75 Å². The van der Waals surface area contributed by atoms with E-state index in [2.05, 4.69) is 46.6 Å². The molecule has 0 unspecified atom stereocenters. The van der Waals surface area contributed by atoms with Crippen molar-refractivity contribution in [2.24, 2.45) is 5.92 Å². The summed E-state index contributed by atoms with van der Waals surface area (Å²) in [5.41, 5.74) is 0.774. The van der Waals surface area contributed by atoms with Gasteiger partial charge in [-0.25, -0.2) is 0 Å². The fourth-order valence-electron chi connectivity index (χ4n) is 4.82. The van der Waals surface area contributed by atoms with Gasteiger partial charge in [0.25, 0.3) is 5.91 Å². The van der Waals surface area contributed by atoms with Crippen LogP contribution in [-0.4, -0.2) is 55.5 Å². The zero-order valence-corrected chi connectivity index (χ0v) is 22.7. The van der Waals surface area contributed by atoms with Gasteiger partial charge in [0, 0.05) is 31.0 Å². The van der Waals surface area contributed by atoms with Crippen molar-refractivity contribution in [1.29, 1.82) is 5.26 Å². The smallest absolute Gasteiger partial charge is 0.268 e. The normalized spacial score (nSPS) is 19.9. The molecule has 1 spiro atoms. The molecule has 1 aromatic heterocycles. The minimum Gasteiger partial charge on any atom is -0.497 e. The number of carbonyl (C=O) groups excluding carboxylic acids is 3. The minimum atomic E-state index is -1.79. The largest absolute Gasteiger partial charge is 0.497 e. The average Bonchev–Trinajstić information content (AvgIpc) is 3.27. The average molecular weight is 530 g/mol. The molecule has 3 atom stereocenters. The summed E-state index contributed by atoms with van der Waals surface area (Å²) in [6.07, 6.45) is 2.89. The summed E-state index contributed by atoms with van der Waals surface area (Å²) < 4.78 is 5.24. The van der Waals surface area contributed by atoms with Crippen LogP contribution in [0.25, 0.3) is 10.9 Å². The number of hydrogen-bond acceptors (Lipinski definition) is 5. The van der Waals surface area contributed by atoms with Crippen molar-refractivity contribution in [3.8, 4) is 11.8 Å². The Kier molecular flexibility index (Phi) is 7.08. The van der Waals surface area contributed by atoms with Crippen LogP contribution in [0.4, 0.5) is 0 Å². The monoisotopic (exact) mass is 529 g/mol. The SMILES string of the molecule is COc1cc(Cl)c2[nH]c(C(=O)N[C@@H](C[Si](C)(C)C)C(=O)N[C@H](C#N)C[C@@H]3CC4(CC4)NC3=O)cc2c1. The third-order valence-corrected chi connectivity index (χ3v) is 8.75. The third-order valence-electron chi connectivity index (χ3n) is 6.81. The highest BCUT2D eigenvalue weighted by Crippen LogP contribution is 2.46. The van der Waals surface area contributed by atoms with Crippen molar-refractivity contribution in [3.63, 3.8) is 0 Å². The molecule has 192 valence electrons. The van der Waals surface area contributed by atoms with Crippen molar-refractivity contribution < 1.29 is 19.1 Å². The summed E-state index contributed by atoms with van der Waals surface area (Å²) in [6, 6.07) is 6.06. The molecule has 0 bridgehead atoms. The number of fused-ring (bicyclic) bond motifs is 1. The fourth-order valence-corrected chi connectivity index (χ4v) is 6.60. The first kappa shape index (κ1) is 26.0. The van der Waals surface area contributed by atoms with Crippen LogP contribution in [0.2, 0.25) is 30.7 Å². The van der Waals surface area contributed by atoms with E-state index in [9.17, 15) is 19.6 Å². The molecule has 9 nitrogen and oxygen atoms in total. The van der Waals surface area contributed by atoms with Crippen LogP contribution in [-0.2, 0) is 9.59 Å². The molecule has 0 radical (unpaired) electrons. The van der Waals surface area contributed by atoms with Crippen LogP contribution in [0, 0.1) is 17.2 Å². The van der Waals surface area contributed by atoms with Gasteiger partial charge in [-0.1, -0.05) is 31.2 Å². The predicted octanol–water partition coefficient (Wildman–Crippen LogP) is 3.33. The lowest BCUT2D eigenvalue weighted by Crippen LogP contribution is -2.52. The van der Waals surface area contributed by atoms with E-state index in [1.807, 2.05) is 0 Å². The number of nitrogens with zero attached hydrogens (tertiary/aromatic N) is 1. The van der Waals surface area contributed by atoms with E-state index in [0.717, 1.165) is 12.8 Å². The first-order chi connectivity index (χ1) is 16.9. The number of nitrogens with one attached hydrogen (secondary N) is 4. The van der Waals surface area contributed by atoms with Gasteiger partial charge in [-0.05, 0) is 43.9 Å². The Morgan fingerprint density at radius 1 is 1.28 bits per heavy atom. The Hall–Kier alpha value is -3.03. The van der Waals surface area contributed by atoms with Crippen molar-refractivity contribution in [3.05, 3.63) is 28.9 Å². The van der Waals surface area contributed by atoms with Gasteiger partial charge in [-0.15, -0.1) is 0 Å². The number of carbonyl (C=O) groups is 3. The van der Waals surface area contributed by atoms with E-state index in [4.69, 9.17) is 16.3 Å². The number of rotatable bonds is 9. The van der Waals surface area contributed by atoms with Crippen LogP contribution in [0.3, 0.4) is 0 Å². The summed E-state index contributed by atoms with van der Waals surface area (Å²) >= 11 is 6.32. The maximum Gasteiger partial charge on any atom is 0.268 e. The van der Waals surface area contributed by atoms with Gasteiger partial charge in [-0.2, -0.15) is 5.26 Å². The highest BCUT2D eigenvalue weighted by atomic mass is 35.5. The first-order valence-corrected chi connectivity index (χ1v) is 16.2. The quantitative estimate of drug-likeness (QED) is 0.369. The van der Waals surface area contributed by atoms with Gasteiger partial charge in [0.05, 0.1) is 23.7 Å². The molecule has 3 amide bonds. The molecule has 1 saturated carbocycles. The van der Waals surface area contributed by atoms with E-state index < -0.39 is 32.0 Å². The molecule has 4 rings (SSSR count). The number of H-pyrrole nitrogens is 1. The Labute approximate surface area is 216 Å². The second kappa shape index (κ2) is 9.79. The molecular formula is C25H32ClN5O4Si. The lowest BCUT2D eigenvalue weighted by Gasteiger charge is -2.26. The topological polar surface area (TPSA) is 136 Å². The number of aromatic amines is 1. The second-order valence-electron chi connectivity index (χ2n) is 11.1. The predicted molar refractivity (Wildman–Crippen MR) is 140 cm³/mol. The molecule has 2 aliphatic rings. The van der Waals surface area contributed by atoms with E-state index in [0.29, 0.717) is 34.1 Å². The minimum absolute atomic E-state index is 0.0527. The van der Waals surface area contributed by atoms with Crippen molar-refractivity contribution >= 4 is 48.3 Å². The molecular weight excluding hydrogens is 498 g/mol. The fraction of sp³-hybridized carbons (Fsp3) is 0.520. The van der Waals surface area contributed by atoms with Gasteiger partial charge in [-0.3, -0.25) is 14.4 Å². The molecule has 2 heterocycles. The molecule has 1 aliphatic heterocycles. The summed E-state index contributed by atoms with van der Waals surface area (Å²) in [5, 5.41) is 19.5. The number of aromatic nitrogens is 1. The zero-order chi connectivity index (χ0) is 26.3. The lowest BCUT2D eigenvalue weighted by molar-refractivity contribution is -0.125. The molecule has 1 saturated heterocycles.